The topological polar surface area (TPSA) is 12.0 Å². The van der Waals surface area contributed by atoms with Crippen LogP contribution < -0.4 is 5.32 Å². The molecule has 2 heteroatoms. The highest BCUT2D eigenvalue weighted by Crippen LogP contribution is 2.33. The zero-order chi connectivity index (χ0) is 11.7. The van der Waals surface area contributed by atoms with Crippen molar-refractivity contribution in [2.45, 2.75) is 18.9 Å². The fourth-order valence-electron chi connectivity index (χ4n) is 2.41. The maximum absolute atomic E-state index is 6.00. The van der Waals surface area contributed by atoms with Gasteiger partial charge in [-0.1, -0.05) is 41.9 Å². The van der Waals surface area contributed by atoms with Crippen molar-refractivity contribution < 1.29 is 0 Å². The Balaban J connectivity index is 1.88. The molecule has 86 valence electrons. The molecule has 1 N–H and O–H groups in total. The second kappa shape index (κ2) is 4.42. The van der Waals surface area contributed by atoms with Crippen LogP contribution in [-0.2, 0) is 6.42 Å². The SMILES string of the molecule is Clc1ccc2c(c1)CCC(c1ccccc1)N2. The smallest absolute Gasteiger partial charge is 0.0517 e. The van der Waals surface area contributed by atoms with E-state index in [2.05, 4.69) is 47.8 Å². The minimum atomic E-state index is 0.421. The molecule has 1 aliphatic heterocycles. The standard InChI is InChI=1S/C15H14ClN/c16-13-7-9-15-12(10-13)6-8-14(17-15)11-4-2-1-3-5-11/h1-5,7,9-10,14,17H,6,8H2. The van der Waals surface area contributed by atoms with Crippen LogP contribution in [0.15, 0.2) is 48.5 Å². The van der Waals surface area contributed by atoms with E-state index >= 15 is 0 Å². The molecule has 0 amide bonds. The number of fused-ring (bicyclic) bond motifs is 1. The minimum Gasteiger partial charge on any atom is -0.378 e. The average Bonchev–Trinajstić information content (AvgIpc) is 2.39. The first kappa shape index (κ1) is 10.7. The van der Waals surface area contributed by atoms with Crippen LogP contribution in [0.25, 0.3) is 0 Å². The first-order valence-corrected chi connectivity index (χ1v) is 6.30. The summed E-state index contributed by atoms with van der Waals surface area (Å²) in [6.07, 6.45) is 2.21. The van der Waals surface area contributed by atoms with Gasteiger partial charge in [0.1, 0.15) is 0 Å². The van der Waals surface area contributed by atoms with Crippen LogP contribution in [-0.4, -0.2) is 0 Å². The van der Waals surface area contributed by atoms with Gasteiger partial charge >= 0.3 is 0 Å². The Labute approximate surface area is 106 Å². The van der Waals surface area contributed by atoms with Crippen LogP contribution in [0.2, 0.25) is 5.02 Å². The highest BCUT2D eigenvalue weighted by atomic mass is 35.5. The van der Waals surface area contributed by atoms with E-state index in [4.69, 9.17) is 11.6 Å². The van der Waals surface area contributed by atoms with Crippen LogP contribution in [0.4, 0.5) is 5.69 Å². The zero-order valence-corrected chi connectivity index (χ0v) is 10.2. The maximum Gasteiger partial charge on any atom is 0.0517 e. The predicted molar refractivity (Wildman–Crippen MR) is 72.6 cm³/mol. The molecule has 0 spiro atoms. The van der Waals surface area contributed by atoms with Gasteiger partial charge in [-0.05, 0) is 42.2 Å². The normalized spacial score (nSPS) is 18.3. The van der Waals surface area contributed by atoms with Gasteiger partial charge in [-0.25, -0.2) is 0 Å². The van der Waals surface area contributed by atoms with Gasteiger partial charge < -0.3 is 5.32 Å². The van der Waals surface area contributed by atoms with E-state index in [9.17, 15) is 0 Å². The number of nitrogens with one attached hydrogen (secondary N) is 1. The summed E-state index contributed by atoms with van der Waals surface area (Å²) >= 11 is 6.00. The highest BCUT2D eigenvalue weighted by Gasteiger charge is 2.18. The van der Waals surface area contributed by atoms with E-state index in [1.54, 1.807) is 0 Å². The second-order valence-electron chi connectivity index (χ2n) is 4.45. The van der Waals surface area contributed by atoms with Crippen LogP contribution in [0.5, 0.6) is 0 Å². The van der Waals surface area contributed by atoms with Crippen molar-refractivity contribution in [3.05, 3.63) is 64.7 Å². The van der Waals surface area contributed by atoms with Gasteiger partial charge in [-0.3, -0.25) is 0 Å². The Bertz CT molecular complexity index is 522. The lowest BCUT2D eigenvalue weighted by Crippen LogP contribution is -2.17. The van der Waals surface area contributed by atoms with E-state index in [-0.39, 0.29) is 0 Å². The monoisotopic (exact) mass is 243 g/mol. The molecule has 0 bridgehead atoms. The molecule has 0 radical (unpaired) electrons. The Morgan fingerprint density at radius 3 is 2.71 bits per heavy atom. The van der Waals surface area contributed by atoms with E-state index in [1.807, 2.05) is 6.07 Å². The Morgan fingerprint density at radius 2 is 1.88 bits per heavy atom. The van der Waals surface area contributed by atoms with Crippen molar-refractivity contribution in [2.75, 3.05) is 5.32 Å². The van der Waals surface area contributed by atoms with E-state index in [1.165, 1.54) is 16.8 Å². The van der Waals surface area contributed by atoms with E-state index < -0.39 is 0 Å². The molecule has 0 saturated carbocycles. The van der Waals surface area contributed by atoms with E-state index in [0.717, 1.165) is 17.9 Å². The fraction of sp³-hybridized carbons (Fsp3) is 0.200. The number of anilines is 1. The molecule has 0 fully saturated rings. The van der Waals surface area contributed by atoms with Crippen LogP contribution >= 0.6 is 11.6 Å². The minimum absolute atomic E-state index is 0.421. The number of benzene rings is 2. The van der Waals surface area contributed by atoms with E-state index in [0.29, 0.717) is 6.04 Å². The predicted octanol–water partition coefficient (Wildman–Crippen LogP) is 4.44. The van der Waals surface area contributed by atoms with Gasteiger partial charge in [0.15, 0.2) is 0 Å². The van der Waals surface area contributed by atoms with Gasteiger partial charge in [0.25, 0.3) is 0 Å². The second-order valence-corrected chi connectivity index (χ2v) is 4.88. The lowest BCUT2D eigenvalue weighted by molar-refractivity contribution is 0.668. The molecule has 3 rings (SSSR count). The van der Waals surface area contributed by atoms with Gasteiger partial charge in [0, 0.05) is 10.7 Å². The summed E-state index contributed by atoms with van der Waals surface area (Å²) < 4.78 is 0. The van der Waals surface area contributed by atoms with Crippen molar-refractivity contribution in [1.82, 2.24) is 0 Å². The molecule has 0 saturated heterocycles. The molecule has 1 unspecified atom stereocenters. The van der Waals surface area contributed by atoms with Crippen molar-refractivity contribution in [3.8, 4) is 0 Å². The third-order valence-corrected chi connectivity index (χ3v) is 3.54. The molecule has 0 aromatic heterocycles. The van der Waals surface area contributed by atoms with Gasteiger partial charge in [-0.2, -0.15) is 0 Å². The Kier molecular flexibility index (Phi) is 2.77. The molecule has 2 aromatic rings. The van der Waals surface area contributed by atoms with Gasteiger partial charge in [-0.15, -0.1) is 0 Å². The molecule has 17 heavy (non-hydrogen) atoms. The van der Waals surface area contributed by atoms with Gasteiger partial charge in [0.2, 0.25) is 0 Å². The van der Waals surface area contributed by atoms with Crippen LogP contribution in [0.1, 0.15) is 23.6 Å². The van der Waals surface area contributed by atoms with Crippen molar-refractivity contribution in [2.24, 2.45) is 0 Å². The first-order chi connectivity index (χ1) is 8.33. The summed E-state index contributed by atoms with van der Waals surface area (Å²) in [6.45, 7) is 0. The molecular weight excluding hydrogens is 230 g/mol. The molecule has 1 aliphatic rings. The summed E-state index contributed by atoms with van der Waals surface area (Å²) in [7, 11) is 0. The number of aryl methyl sites for hydroxylation is 1. The van der Waals surface area contributed by atoms with Gasteiger partial charge in [0.05, 0.1) is 6.04 Å². The van der Waals surface area contributed by atoms with Crippen LogP contribution in [0.3, 0.4) is 0 Å². The van der Waals surface area contributed by atoms with Crippen molar-refractivity contribution >= 4 is 17.3 Å². The third-order valence-electron chi connectivity index (χ3n) is 3.30. The lowest BCUT2D eigenvalue weighted by atomic mass is 9.93. The summed E-state index contributed by atoms with van der Waals surface area (Å²) in [6, 6.07) is 17.1. The lowest BCUT2D eigenvalue weighted by Gasteiger charge is -2.27. The third kappa shape index (κ3) is 2.16. The van der Waals surface area contributed by atoms with Crippen LogP contribution in [0, 0.1) is 0 Å². The Morgan fingerprint density at radius 1 is 1.06 bits per heavy atom. The number of hydrogen-bond donors (Lipinski definition) is 1. The molecule has 1 heterocycles. The van der Waals surface area contributed by atoms with Crippen molar-refractivity contribution in [3.63, 3.8) is 0 Å². The van der Waals surface area contributed by atoms with Crippen molar-refractivity contribution in [1.29, 1.82) is 0 Å². The largest absolute Gasteiger partial charge is 0.378 e. The summed E-state index contributed by atoms with van der Waals surface area (Å²) in [5, 5.41) is 4.40. The summed E-state index contributed by atoms with van der Waals surface area (Å²) in [5.41, 5.74) is 3.90. The molecule has 0 aliphatic carbocycles. The Hall–Kier alpha value is -1.47. The number of hydrogen-bond acceptors (Lipinski definition) is 1. The fourth-order valence-corrected chi connectivity index (χ4v) is 2.60. The molecule has 1 nitrogen and oxygen atoms in total. The molecular formula is C15H14ClN. The first-order valence-electron chi connectivity index (χ1n) is 5.93. The average molecular weight is 244 g/mol. The summed E-state index contributed by atoms with van der Waals surface area (Å²) in [4.78, 5) is 0. The maximum atomic E-state index is 6.00. The number of rotatable bonds is 1. The highest BCUT2D eigenvalue weighted by molar-refractivity contribution is 6.30. The number of halogens is 1. The molecule has 2 aromatic carbocycles. The summed E-state index contributed by atoms with van der Waals surface area (Å²) in [5.74, 6) is 0. The zero-order valence-electron chi connectivity index (χ0n) is 9.49. The molecule has 1 atom stereocenters. The quantitative estimate of drug-likeness (QED) is 0.781.